The van der Waals surface area contributed by atoms with E-state index < -0.39 is 5.97 Å². The zero-order valence-corrected chi connectivity index (χ0v) is 13.1. The lowest BCUT2D eigenvalue weighted by Crippen LogP contribution is -2.46. The van der Waals surface area contributed by atoms with E-state index in [1.54, 1.807) is 4.90 Å². The molecule has 2 amide bonds. The predicted molar refractivity (Wildman–Crippen MR) is 80.3 cm³/mol. The molecule has 120 valence electrons. The molecule has 6 nitrogen and oxygen atoms in total. The maximum absolute atomic E-state index is 12.6. The molecule has 1 saturated heterocycles. The van der Waals surface area contributed by atoms with Gasteiger partial charge in [-0.15, -0.1) is 0 Å². The van der Waals surface area contributed by atoms with E-state index in [2.05, 4.69) is 18.7 Å². The first kappa shape index (κ1) is 16.1. The van der Waals surface area contributed by atoms with Crippen LogP contribution in [0.2, 0.25) is 0 Å². The fourth-order valence-electron chi connectivity index (χ4n) is 3.17. The zero-order chi connectivity index (χ0) is 15.4. The Bertz CT molecular complexity index is 380. The van der Waals surface area contributed by atoms with E-state index >= 15 is 0 Å². The molecular weight excluding hydrogens is 270 g/mol. The number of carboxylic acid groups (broad SMARTS) is 1. The molecule has 0 bridgehead atoms. The minimum Gasteiger partial charge on any atom is -0.481 e. The number of hydrogen-bond acceptors (Lipinski definition) is 3. The molecule has 0 aromatic heterocycles. The van der Waals surface area contributed by atoms with Crippen molar-refractivity contribution in [2.75, 3.05) is 32.7 Å². The van der Waals surface area contributed by atoms with Crippen LogP contribution in [0.4, 0.5) is 4.79 Å². The number of hydrogen-bond donors (Lipinski definition) is 1. The number of likely N-dealkylation sites (tertiary alicyclic amines) is 1. The lowest BCUT2D eigenvalue weighted by Gasteiger charge is -2.29. The van der Waals surface area contributed by atoms with Crippen LogP contribution in [-0.2, 0) is 4.79 Å². The van der Waals surface area contributed by atoms with E-state index in [4.69, 9.17) is 5.11 Å². The average Bonchev–Trinajstić information content (AvgIpc) is 3.17. The van der Waals surface area contributed by atoms with E-state index in [1.165, 1.54) is 0 Å². The molecular formula is C15H27N3O3. The van der Waals surface area contributed by atoms with Crippen molar-refractivity contribution in [1.82, 2.24) is 14.7 Å². The van der Waals surface area contributed by atoms with E-state index in [0.717, 1.165) is 45.4 Å². The van der Waals surface area contributed by atoms with Crippen molar-refractivity contribution in [3.05, 3.63) is 0 Å². The Balaban J connectivity index is 1.90. The maximum Gasteiger partial charge on any atom is 0.320 e. The summed E-state index contributed by atoms with van der Waals surface area (Å²) in [6, 6.07) is 0.752. The van der Waals surface area contributed by atoms with Gasteiger partial charge in [-0.1, -0.05) is 13.8 Å². The molecule has 0 radical (unpaired) electrons. The van der Waals surface area contributed by atoms with Crippen LogP contribution in [0.1, 0.15) is 39.5 Å². The molecule has 1 atom stereocenters. The third kappa shape index (κ3) is 4.09. The number of amides is 2. The minimum absolute atomic E-state index is 0.0356. The van der Waals surface area contributed by atoms with Gasteiger partial charge in [0.05, 0.1) is 6.42 Å². The summed E-state index contributed by atoms with van der Waals surface area (Å²) in [7, 11) is 0. The second-order valence-electron chi connectivity index (χ2n) is 5.96. The lowest BCUT2D eigenvalue weighted by atomic mass is 10.2. The number of nitrogens with zero attached hydrogens (tertiary/aromatic N) is 3. The molecule has 0 aromatic carbocycles. The van der Waals surface area contributed by atoms with Crippen molar-refractivity contribution in [3.8, 4) is 0 Å². The first-order valence-corrected chi connectivity index (χ1v) is 8.08. The van der Waals surface area contributed by atoms with Crippen molar-refractivity contribution >= 4 is 12.0 Å². The van der Waals surface area contributed by atoms with E-state index in [9.17, 15) is 9.59 Å². The minimum atomic E-state index is -0.837. The molecule has 0 aromatic rings. The number of carbonyl (C=O) groups excluding carboxylic acids is 1. The van der Waals surface area contributed by atoms with Crippen LogP contribution in [-0.4, -0.2) is 76.6 Å². The number of urea groups is 1. The highest BCUT2D eigenvalue weighted by molar-refractivity contribution is 5.76. The van der Waals surface area contributed by atoms with E-state index in [-0.39, 0.29) is 18.5 Å². The Morgan fingerprint density at radius 1 is 1.14 bits per heavy atom. The summed E-state index contributed by atoms with van der Waals surface area (Å²) in [5.41, 5.74) is 0. The van der Waals surface area contributed by atoms with Gasteiger partial charge in [-0.05, 0) is 32.4 Å². The van der Waals surface area contributed by atoms with Crippen LogP contribution in [0.5, 0.6) is 0 Å². The molecule has 2 fully saturated rings. The van der Waals surface area contributed by atoms with Crippen molar-refractivity contribution in [2.45, 2.75) is 51.6 Å². The standard InChI is InChI=1S/C15H27N3O3/c1-3-16(4-2)13-7-9-17(11-13)15(21)18(12-5-6-12)10-8-14(19)20/h12-13H,3-11H2,1-2H3,(H,19,20). The normalized spacial score (nSPS) is 21.9. The number of aliphatic carboxylic acids is 1. The zero-order valence-electron chi connectivity index (χ0n) is 13.1. The molecule has 2 rings (SSSR count). The highest BCUT2D eigenvalue weighted by Gasteiger charge is 2.37. The highest BCUT2D eigenvalue weighted by atomic mass is 16.4. The molecule has 1 saturated carbocycles. The second-order valence-corrected chi connectivity index (χ2v) is 5.96. The van der Waals surface area contributed by atoms with Gasteiger partial charge in [0.25, 0.3) is 0 Å². The quantitative estimate of drug-likeness (QED) is 0.773. The van der Waals surface area contributed by atoms with E-state index in [0.29, 0.717) is 12.6 Å². The van der Waals surface area contributed by atoms with Gasteiger partial charge >= 0.3 is 12.0 Å². The van der Waals surface area contributed by atoms with Crippen molar-refractivity contribution in [2.24, 2.45) is 0 Å². The molecule has 0 spiro atoms. The van der Waals surface area contributed by atoms with Gasteiger partial charge in [0, 0.05) is 31.7 Å². The number of carbonyl (C=O) groups is 2. The van der Waals surface area contributed by atoms with Gasteiger partial charge in [-0.3, -0.25) is 9.69 Å². The third-order valence-electron chi connectivity index (χ3n) is 4.56. The van der Waals surface area contributed by atoms with Crippen molar-refractivity contribution in [3.63, 3.8) is 0 Å². The summed E-state index contributed by atoms with van der Waals surface area (Å²) in [4.78, 5) is 29.5. The van der Waals surface area contributed by atoms with Crippen LogP contribution < -0.4 is 0 Å². The molecule has 1 heterocycles. The Kier molecular flexibility index (Phi) is 5.45. The second kappa shape index (κ2) is 7.11. The molecule has 21 heavy (non-hydrogen) atoms. The van der Waals surface area contributed by atoms with Gasteiger partial charge in [0.15, 0.2) is 0 Å². The first-order chi connectivity index (χ1) is 10.1. The molecule has 1 N–H and O–H groups in total. The Morgan fingerprint density at radius 3 is 2.33 bits per heavy atom. The SMILES string of the molecule is CCN(CC)C1CCN(C(=O)N(CCC(=O)O)C2CC2)C1. The Labute approximate surface area is 126 Å². The molecule has 1 aliphatic heterocycles. The molecule has 1 unspecified atom stereocenters. The van der Waals surface area contributed by atoms with Gasteiger partial charge < -0.3 is 14.9 Å². The van der Waals surface area contributed by atoms with Crippen molar-refractivity contribution in [1.29, 1.82) is 0 Å². The molecule has 2 aliphatic rings. The Morgan fingerprint density at radius 2 is 1.81 bits per heavy atom. The van der Waals surface area contributed by atoms with Crippen LogP contribution in [0.3, 0.4) is 0 Å². The predicted octanol–water partition coefficient (Wildman–Crippen LogP) is 1.46. The van der Waals surface area contributed by atoms with Crippen molar-refractivity contribution < 1.29 is 14.7 Å². The summed E-state index contributed by atoms with van der Waals surface area (Å²) >= 11 is 0. The van der Waals surface area contributed by atoms with Crippen LogP contribution in [0.25, 0.3) is 0 Å². The topological polar surface area (TPSA) is 64.1 Å². The fraction of sp³-hybridized carbons (Fsp3) is 0.867. The first-order valence-electron chi connectivity index (χ1n) is 8.08. The Hall–Kier alpha value is -1.30. The summed E-state index contributed by atoms with van der Waals surface area (Å²) in [5.74, 6) is -0.837. The van der Waals surface area contributed by atoms with Crippen LogP contribution in [0, 0.1) is 0 Å². The largest absolute Gasteiger partial charge is 0.481 e. The summed E-state index contributed by atoms with van der Waals surface area (Å²) in [5, 5.41) is 8.83. The molecule has 6 heteroatoms. The monoisotopic (exact) mass is 297 g/mol. The summed E-state index contributed by atoms with van der Waals surface area (Å²) < 4.78 is 0. The van der Waals surface area contributed by atoms with Crippen LogP contribution in [0.15, 0.2) is 0 Å². The fourth-order valence-corrected chi connectivity index (χ4v) is 3.17. The third-order valence-corrected chi connectivity index (χ3v) is 4.56. The summed E-state index contributed by atoms with van der Waals surface area (Å²) in [6.45, 7) is 8.22. The number of likely N-dealkylation sites (N-methyl/N-ethyl adjacent to an activating group) is 1. The smallest absolute Gasteiger partial charge is 0.320 e. The summed E-state index contributed by atoms with van der Waals surface area (Å²) in [6.07, 6.45) is 3.08. The molecule has 1 aliphatic carbocycles. The van der Waals surface area contributed by atoms with Gasteiger partial charge in [0.1, 0.15) is 0 Å². The van der Waals surface area contributed by atoms with E-state index in [1.807, 2.05) is 4.90 Å². The van der Waals surface area contributed by atoms with Gasteiger partial charge in [0.2, 0.25) is 0 Å². The van der Waals surface area contributed by atoms with Gasteiger partial charge in [-0.2, -0.15) is 0 Å². The number of rotatable bonds is 7. The number of carboxylic acids is 1. The highest BCUT2D eigenvalue weighted by Crippen LogP contribution is 2.29. The maximum atomic E-state index is 12.6. The lowest BCUT2D eigenvalue weighted by molar-refractivity contribution is -0.137. The van der Waals surface area contributed by atoms with Crippen LogP contribution >= 0.6 is 0 Å². The van der Waals surface area contributed by atoms with Gasteiger partial charge in [-0.25, -0.2) is 4.79 Å². The average molecular weight is 297 g/mol.